The number of hydrogen-bond acceptors (Lipinski definition) is 3. The number of aromatic nitrogens is 3. The van der Waals surface area contributed by atoms with Crippen molar-refractivity contribution in [3.05, 3.63) is 11.6 Å². The first kappa shape index (κ1) is 12.6. The summed E-state index contributed by atoms with van der Waals surface area (Å²) in [6.45, 7) is 4.96. The molecule has 3 rings (SSSR count). The normalized spacial score (nSPS) is 26.8. The minimum atomic E-state index is 0.0116. The van der Waals surface area contributed by atoms with Gasteiger partial charge in [-0.3, -0.25) is 9.89 Å². The third kappa shape index (κ3) is 2.26. The number of H-pyrrole nitrogens is 1. The van der Waals surface area contributed by atoms with Crippen LogP contribution in [0, 0.1) is 5.92 Å². The number of likely N-dealkylation sites (tertiary alicyclic amines) is 1. The highest BCUT2D eigenvalue weighted by molar-refractivity contribution is 5.90. The van der Waals surface area contributed by atoms with Crippen LogP contribution in [0.5, 0.6) is 0 Å². The fraction of sp³-hybridized carbons (Fsp3) is 0.786. The molecule has 1 aliphatic heterocycles. The maximum Gasteiger partial charge on any atom is 0.293 e. The number of hydrogen-bond donors (Lipinski definition) is 1. The molecule has 104 valence electrons. The number of aromatic amines is 1. The fourth-order valence-corrected chi connectivity index (χ4v) is 3.41. The summed E-state index contributed by atoms with van der Waals surface area (Å²) >= 11 is 0. The van der Waals surface area contributed by atoms with Gasteiger partial charge in [0.05, 0.1) is 0 Å². The third-order valence-corrected chi connectivity index (χ3v) is 4.51. The van der Waals surface area contributed by atoms with Gasteiger partial charge in [0.2, 0.25) is 5.82 Å². The van der Waals surface area contributed by atoms with E-state index in [1.54, 1.807) is 0 Å². The maximum absolute atomic E-state index is 12.5. The molecule has 0 radical (unpaired) electrons. The summed E-state index contributed by atoms with van der Waals surface area (Å²) in [6, 6.07) is 0.433. The van der Waals surface area contributed by atoms with E-state index in [-0.39, 0.29) is 11.8 Å². The van der Waals surface area contributed by atoms with Crippen LogP contribution in [0.4, 0.5) is 0 Å². The Hall–Kier alpha value is -1.39. The van der Waals surface area contributed by atoms with Gasteiger partial charge in [0.15, 0.2) is 0 Å². The van der Waals surface area contributed by atoms with Crippen molar-refractivity contribution in [1.29, 1.82) is 0 Å². The Balaban J connectivity index is 1.76. The van der Waals surface area contributed by atoms with Gasteiger partial charge in [0.25, 0.3) is 5.91 Å². The predicted molar refractivity (Wildman–Crippen MR) is 71.9 cm³/mol. The van der Waals surface area contributed by atoms with Gasteiger partial charge in [-0.15, -0.1) is 5.10 Å². The van der Waals surface area contributed by atoms with Crippen LogP contribution in [-0.4, -0.2) is 38.6 Å². The molecule has 2 unspecified atom stereocenters. The van der Waals surface area contributed by atoms with Crippen molar-refractivity contribution >= 4 is 5.91 Å². The van der Waals surface area contributed by atoms with E-state index in [2.05, 4.69) is 15.2 Å². The maximum atomic E-state index is 12.5. The lowest BCUT2D eigenvalue weighted by molar-refractivity contribution is 0.0678. The summed E-state index contributed by atoms with van der Waals surface area (Å²) in [5.74, 6) is 2.13. The second kappa shape index (κ2) is 4.94. The summed E-state index contributed by atoms with van der Waals surface area (Å²) in [5, 5.41) is 6.97. The zero-order chi connectivity index (χ0) is 13.4. The number of nitrogens with one attached hydrogen (secondary N) is 1. The molecule has 0 spiro atoms. The van der Waals surface area contributed by atoms with Gasteiger partial charge in [-0.2, -0.15) is 0 Å². The predicted octanol–water partition coefficient (Wildman–Crippen LogP) is 2.33. The fourth-order valence-electron chi connectivity index (χ4n) is 3.41. The Morgan fingerprint density at radius 3 is 2.84 bits per heavy atom. The van der Waals surface area contributed by atoms with Crippen LogP contribution < -0.4 is 0 Å². The second-order valence-corrected chi connectivity index (χ2v) is 6.10. The Morgan fingerprint density at radius 2 is 2.11 bits per heavy atom. The topological polar surface area (TPSA) is 61.9 Å². The van der Waals surface area contributed by atoms with E-state index < -0.39 is 0 Å². The van der Waals surface area contributed by atoms with Gasteiger partial charge in [-0.25, -0.2) is 4.98 Å². The van der Waals surface area contributed by atoms with E-state index in [1.807, 2.05) is 18.7 Å². The zero-order valence-electron chi connectivity index (χ0n) is 11.7. The van der Waals surface area contributed by atoms with Crippen LogP contribution in [-0.2, 0) is 0 Å². The molecule has 2 aliphatic rings. The van der Waals surface area contributed by atoms with Gasteiger partial charge in [-0.1, -0.05) is 26.7 Å². The van der Waals surface area contributed by atoms with Crippen LogP contribution in [0.25, 0.3) is 0 Å². The smallest absolute Gasteiger partial charge is 0.293 e. The molecule has 1 aliphatic carbocycles. The van der Waals surface area contributed by atoms with Crippen LogP contribution >= 0.6 is 0 Å². The monoisotopic (exact) mass is 262 g/mol. The van der Waals surface area contributed by atoms with Crippen molar-refractivity contribution in [3.63, 3.8) is 0 Å². The van der Waals surface area contributed by atoms with E-state index in [0.717, 1.165) is 25.2 Å². The number of nitrogens with zero attached hydrogens (tertiary/aromatic N) is 3. The lowest BCUT2D eigenvalue weighted by atomic mass is 9.85. The van der Waals surface area contributed by atoms with Crippen LogP contribution in [0.3, 0.4) is 0 Å². The quantitative estimate of drug-likeness (QED) is 0.889. The number of carbonyl (C=O) groups is 1. The lowest BCUT2D eigenvalue weighted by Gasteiger charge is -2.30. The summed E-state index contributed by atoms with van der Waals surface area (Å²) in [7, 11) is 0. The van der Waals surface area contributed by atoms with Gasteiger partial charge in [-0.05, 0) is 25.2 Å². The van der Waals surface area contributed by atoms with Crippen LogP contribution in [0.2, 0.25) is 0 Å². The molecule has 2 fully saturated rings. The molecule has 2 atom stereocenters. The van der Waals surface area contributed by atoms with E-state index in [4.69, 9.17) is 0 Å². The molecule has 0 bridgehead atoms. The summed E-state index contributed by atoms with van der Waals surface area (Å²) in [4.78, 5) is 18.9. The highest BCUT2D eigenvalue weighted by atomic mass is 16.2. The molecule has 1 amide bonds. The average molecular weight is 262 g/mol. The van der Waals surface area contributed by atoms with Gasteiger partial charge in [0, 0.05) is 18.5 Å². The van der Waals surface area contributed by atoms with Crippen molar-refractivity contribution in [3.8, 4) is 0 Å². The standard InChI is InChI=1S/C14H22N4O/c1-9(2)12-15-13(17-16-12)14(19)18-8-7-10-5-3-4-6-11(10)18/h9-11H,3-8H2,1-2H3,(H,15,16,17). The Bertz CT molecular complexity index is 468. The van der Waals surface area contributed by atoms with E-state index >= 15 is 0 Å². The molecule has 0 aromatic carbocycles. The van der Waals surface area contributed by atoms with Gasteiger partial charge < -0.3 is 4.90 Å². The molecule has 1 saturated heterocycles. The minimum absolute atomic E-state index is 0.0116. The first-order valence-corrected chi connectivity index (χ1v) is 7.40. The molecule has 1 aromatic heterocycles. The highest BCUT2D eigenvalue weighted by Crippen LogP contribution is 2.36. The first-order valence-electron chi connectivity index (χ1n) is 7.40. The molecule has 1 N–H and O–H groups in total. The van der Waals surface area contributed by atoms with Crippen molar-refractivity contribution in [2.75, 3.05) is 6.54 Å². The van der Waals surface area contributed by atoms with Crippen molar-refractivity contribution in [1.82, 2.24) is 20.1 Å². The first-order chi connectivity index (χ1) is 9.16. The third-order valence-electron chi connectivity index (χ3n) is 4.51. The molecule has 1 saturated carbocycles. The molecule has 19 heavy (non-hydrogen) atoms. The Kier molecular flexibility index (Phi) is 3.29. The molecular formula is C14H22N4O. The largest absolute Gasteiger partial charge is 0.333 e. The SMILES string of the molecule is CC(C)c1nc(C(=O)N2CCC3CCCCC32)n[nH]1. The Morgan fingerprint density at radius 1 is 1.32 bits per heavy atom. The second-order valence-electron chi connectivity index (χ2n) is 6.10. The van der Waals surface area contributed by atoms with Gasteiger partial charge in [0.1, 0.15) is 5.82 Å². The van der Waals surface area contributed by atoms with Gasteiger partial charge >= 0.3 is 0 Å². The molecule has 1 aromatic rings. The number of amides is 1. The van der Waals surface area contributed by atoms with Crippen molar-refractivity contribution in [2.24, 2.45) is 5.92 Å². The molecule has 5 heteroatoms. The zero-order valence-corrected chi connectivity index (χ0v) is 11.7. The molecular weight excluding hydrogens is 240 g/mol. The van der Waals surface area contributed by atoms with Crippen LogP contribution in [0.15, 0.2) is 0 Å². The van der Waals surface area contributed by atoms with E-state index in [9.17, 15) is 4.79 Å². The van der Waals surface area contributed by atoms with E-state index in [1.165, 1.54) is 19.3 Å². The minimum Gasteiger partial charge on any atom is -0.333 e. The number of rotatable bonds is 2. The van der Waals surface area contributed by atoms with E-state index in [0.29, 0.717) is 17.8 Å². The van der Waals surface area contributed by atoms with Crippen LogP contribution in [0.1, 0.15) is 68.3 Å². The number of fused-ring (bicyclic) bond motifs is 1. The average Bonchev–Trinajstić information content (AvgIpc) is 3.05. The van der Waals surface area contributed by atoms with Crippen molar-refractivity contribution in [2.45, 2.75) is 57.9 Å². The summed E-state index contributed by atoms with van der Waals surface area (Å²) in [6.07, 6.45) is 6.15. The number of carbonyl (C=O) groups excluding carboxylic acids is 1. The summed E-state index contributed by atoms with van der Waals surface area (Å²) < 4.78 is 0. The Labute approximate surface area is 113 Å². The highest BCUT2D eigenvalue weighted by Gasteiger charge is 2.39. The van der Waals surface area contributed by atoms with Crippen molar-refractivity contribution < 1.29 is 4.79 Å². The molecule has 2 heterocycles. The summed E-state index contributed by atoms with van der Waals surface area (Å²) in [5.41, 5.74) is 0. The lowest BCUT2D eigenvalue weighted by Crippen LogP contribution is -2.39. The molecule has 5 nitrogen and oxygen atoms in total.